The highest BCUT2D eigenvalue weighted by Gasteiger charge is 2.10. The van der Waals surface area contributed by atoms with Crippen molar-refractivity contribution in [3.05, 3.63) is 35.9 Å². The van der Waals surface area contributed by atoms with Crippen LogP contribution in [0.15, 0.2) is 18.2 Å². The van der Waals surface area contributed by atoms with E-state index in [-0.39, 0.29) is 0 Å². The van der Waals surface area contributed by atoms with Gasteiger partial charge in [-0.25, -0.2) is 0 Å². The lowest BCUT2D eigenvalue weighted by molar-refractivity contribution is 0.640. The van der Waals surface area contributed by atoms with Gasteiger partial charge in [-0.15, -0.1) is 0 Å². The van der Waals surface area contributed by atoms with Crippen LogP contribution in [-0.2, 0) is 0 Å². The molecule has 1 saturated heterocycles. The van der Waals surface area contributed by atoms with Crippen LogP contribution in [-0.4, -0.2) is 19.6 Å². The van der Waals surface area contributed by atoms with Gasteiger partial charge >= 0.3 is 0 Å². The highest BCUT2D eigenvalue weighted by Crippen LogP contribution is 2.20. The van der Waals surface area contributed by atoms with Crippen LogP contribution in [0.3, 0.4) is 0 Å². The second-order valence-corrected chi connectivity index (χ2v) is 3.85. The highest BCUT2D eigenvalue weighted by atomic mass is 15.2. The molecule has 0 spiro atoms. The maximum atomic E-state index is 3.31. The van der Waals surface area contributed by atoms with Gasteiger partial charge in [0.15, 0.2) is 0 Å². The third-order valence-electron chi connectivity index (χ3n) is 2.81. The Balaban J connectivity index is 2.18. The maximum absolute atomic E-state index is 3.31. The smallest absolute Gasteiger partial charge is 0.0630 e. The van der Waals surface area contributed by atoms with E-state index in [1.54, 1.807) is 0 Å². The van der Waals surface area contributed by atoms with Crippen LogP contribution in [0.1, 0.15) is 11.1 Å². The van der Waals surface area contributed by atoms with Gasteiger partial charge in [-0.2, -0.15) is 0 Å². The summed E-state index contributed by atoms with van der Waals surface area (Å²) < 4.78 is 0. The fourth-order valence-corrected chi connectivity index (χ4v) is 1.71. The molecule has 0 amide bonds. The molecule has 75 valence electrons. The number of piperazine rings is 1. The van der Waals surface area contributed by atoms with E-state index in [4.69, 9.17) is 0 Å². The van der Waals surface area contributed by atoms with Gasteiger partial charge in [0.2, 0.25) is 0 Å². The Kier molecular flexibility index (Phi) is 2.73. The van der Waals surface area contributed by atoms with Crippen molar-refractivity contribution >= 4 is 5.69 Å². The molecule has 2 rings (SSSR count). The fourth-order valence-electron chi connectivity index (χ4n) is 1.71. The summed E-state index contributed by atoms with van der Waals surface area (Å²) in [5.74, 6) is 0. The number of nitrogens with zero attached hydrogens (tertiary/aromatic N) is 1. The van der Waals surface area contributed by atoms with E-state index in [2.05, 4.69) is 48.8 Å². The van der Waals surface area contributed by atoms with Crippen molar-refractivity contribution in [1.82, 2.24) is 5.32 Å². The normalized spacial score (nSPS) is 17.1. The number of aryl methyl sites for hydroxylation is 2. The van der Waals surface area contributed by atoms with E-state index >= 15 is 0 Å². The van der Waals surface area contributed by atoms with Crippen LogP contribution in [0.4, 0.5) is 5.69 Å². The maximum Gasteiger partial charge on any atom is 0.0630 e. The number of rotatable bonds is 1. The summed E-state index contributed by atoms with van der Waals surface area (Å²) in [5.41, 5.74) is 4.05. The lowest BCUT2D eigenvalue weighted by atomic mass is 10.1. The summed E-state index contributed by atoms with van der Waals surface area (Å²) in [6, 6.07) is 6.65. The molecule has 1 aromatic rings. The molecule has 1 aliphatic heterocycles. The molecule has 1 aliphatic rings. The molecular formula is C12H17N2. The Morgan fingerprint density at radius 2 is 2.07 bits per heavy atom. The summed E-state index contributed by atoms with van der Waals surface area (Å²) in [6.45, 7) is 9.66. The molecule has 1 heterocycles. The van der Waals surface area contributed by atoms with Crippen molar-refractivity contribution in [2.75, 3.05) is 24.5 Å². The monoisotopic (exact) mass is 189 g/mol. The predicted molar refractivity (Wildman–Crippen MR) is 60.4 cm³/mol. The van der Waals surface area contributed by atoms with Gasteiger partial charge in [0.25, 0.3) is 0 Å². The van der Waals surface area contributed by atoms with Crippen LogP contribution in [0.25, 0.3) is 0 Å². The molecular weight excluding hydrogens is 172 g/mol. The molecule has 1 radical (unpaired) electrons. The molecule has 14 heavy (non-hydrogen) atoms. The molecule has 0 aliphatic carbocycles. The number of hydrogen-bond acceptors (Lipinski definition) is 2. The van der Waals surface area contributed by atoms with Gasteiger partial charge in [0, 0.05) is 25.3 Å². The molecule has 0 unspecified atom stereocenters. The van der Waals surface area contributed by atoms with Crippen molar-refractivity contribution in [2.24, 2.45) is 0 Å². The largest absolute Gasteiger partial charge is 0.364 e. The van der Waals surface area contributed by atoms with E-state index in [0.717, 1.165) is 19.6 Å². The Hall–Kier alpha value is -1.02. The third kappa shape index (κ3) is 1.90. The van der Waals surface area contributed by atoms with Gasteiger partial charge in [-0.3, -0.25) is 0 Å². The second kappa shape index (κ2) is 4.01. The Morgan fingerprint density at radius 3 is 2.71 bits per heavy atom. The lowest BCUT2D eigenvalue weighted by Gasteiger charge is -2.29. The van der Waals surface area contributed by atoms with Gasteiger partial charge in [-0.1, -0.05) is 6.07 Å². The van der Waals surface area contributed by atoms with E-state index < -0.39 is 0 Å². The van der Waals surface area contributed by atoms with Crippen molar-refractivity contribution in [2.45, 2.75) is 13.8 Å². The van der Waals surface area contributed by atoms with E-state index in [0.29, 0.717) is 0 Å². The van der Waals surface area contributed by atoms with Crippen LogP contribution < -0.4 is 10.2 Å². The zero-order chi connectivity index (χ0) is 9.97. The minimum atomic E-state index is 0.979. The Labute approximate surface area is 85.9 Å². The summed E-state index contributed by atoms with van der Waals surface area (Å²) >= 11 is 0. The van der Waals surface area contributed by atoms with Gasteiger partial charge in [0.1, 0.15) is 0 Å². The molecule has 0 saturated carbocycles. The molecule has 1 aromatic carbocycles. The number of benzene rings is 1. The lowest BCUT2D eigenvalue weighted by Crippen LogP contribution is -2.39. The summed E-state index contributed by atoms with van der Waals surface area (Å²) in [7, 11) is 0. The number of hydrogen-bond donors (Lipinski definition) is 1. The first kappa shape index (κ1) is 9.53. The molecule has 1 fully saturated rings. The molecule has 0 atom stereocenters. The summed E-state index contributed by atoms with van der Waals surface area (Å²) in [6.07, 6.45) is 0. The standard InChI is InChI=1S/C12H17N2/c1-10-3-4-12(9-11(10)2)14-7-5-13-6-8-14/h3-4,7,9,13H,5-6,8H2,1-2H3. The van der Waals surface area contributed by atoms with Gasteiger partial charge in [0.05, 0.1) is 6.54 Å². The fraction of sp³-hybridized carbons (Fsp3) is 0.417. The van der Waals surface area contributed by atoms with Crippen LogP contribution >= 0.6 is 0 Å². The topological polar surface area (TPSA) is 15.3 Å². The predicted octanol–water partition coefficient (Wildman–Crippen LogP) is 1.87. The van der Waals surface area contributed by atoms with Crippen LogP contribution in [0, 0.1) is 20.4 Å². The first-order valence-corrected chi connectivity index (χ1v) is 5.15. The molecule has 2 heteroatoms. The number of nitrogens with one attached hydrogen (secondary N) is 1. The molecule has 2 nitrogen and oxygen atoms in total. The van der Waals surface area contributed by atoms with E-state index in [9.17, 15) is 0 Å². The minimum absolute atomic E-state index is 0.979. The average molecular weight is 189 g/mol. The number of anilines is 1. The summed E-state index contributed by atoms with van der Waals surface area (Å²) in [4.78, 5) is 2.32. The Bertz CT molecular complexity index is 314. The SMILES string of the molecule is Cc1ccc(N2[CH]CNCC2)cc1C. The second-order valence-electron chi connectivity index (χ2n) is 3.85. The third-order valence-corrected chi connectivity index (χ3v) is 2.81. The molecule has 0 bridgehead atoms. The summed E-state index contributed by atoms with van der Waals surface area (Å²) in [5, 5.41) is 3.31. The van der Waals surface area contributed by atoms with Crippen molar-refractivity contribution in [3.63, 3.8) is 0 Å². The average Bonchev–Trinajstić information content (AvgIpc) is 2.23. The van der Waals surface area contributed by atoms with Crippen molar-refractivity contribution in [1.29, 1.82) is 0 Å². The Morgan fingerprint density at radius 1 is 1.21 bits per heavy atom. The van der Waals surface area contributed by atoms with E-state index in [1.165, 1.54) is 16.8 Å². The van der Waals surface area contributed by atoms with Crippen LogP contribution in [0.2, 0.25) is 0 Å². The van der Waals surface area contributed by atoms with Gasteiger partial charge < -0.3 is 10.2 Å². The molecule has 0 aromatic heterocycles. The van der Waals surface area contributed by atoms with Gasteiger partial charge in [-0.05, 0) is 37.1 Å². The first-order valence-electron chi connectivity index (χ1n) is 5.15. The first-order chi connectivity index (χ1) is 6.77. The quantitative estimate of drug-likeness (QED) is 0.725. The zero-order valence-corrected chi connectivity index (χ0v) is 8.88. The highest BCUT2D eigenvalue weighted by molar-refractivity contribution is 5.52. The van der Waals surface area contributed by atoms with E-state index in [1.807, 2.05) is 0 Å². The van der Waals surface area contributed by atoms with Crippen LogP contribution in [0.5, 0.6) is 0 Å². The van der Waals surface area contributed by atoms with Crippen molar-refractivity contribution in [3.8, 4) is 0 Å². The zero-order valence-electron chi connectivity index (χ0n) is 8.88. The molecule has 1 N–H and O–H groups in total. The minimum Gasteiger partial charge on any atom is -0.364 e. The van der Waals surface area contributed by atoms with Crippen molar-refractivity contribution < 1.29 is 0 Å².